The average molecular weight is 254 g/mol. The van der Waals surface area contributed by atoms with Crippen molar-refractivity contribution in [1.29, 1.82) is 0 Å². The van der Waals surface area contributed by atoms with Crippen LogP contribution in [0.5, 0.6) is 0 Å². The van der Waals surface area contributed by atoms with E-state index in [1.165, 1.54) is 0 Å². The zero-order valence-electron chi connectivity index (χ0n) is 6.18. The van der Waals surface area contributed by atoms with Crippen LogP contribution in [0.1, 0.15) is 1.43 Å². The molecule has 0 aliphatic heterocycles. The van der Waals surface area contributed by atoms with Crippen molar-refractivity contribution in [1.82, 2.24) is 0 Å². The van der Waals surface area contributed by atoms with E-state index in [1.54, 1.807) is 0 Å². The van der Waals surface area contributed by atoms with E-state index in [0.717, 1.165) is 0 Å². The maximum atomic E-state index is 7.72. The van der Waals surface area contributed by atoms with Crippen LogP contribution in [-0.4, -0.2) is 4.66 Å². The van der Waals surface area contributed by atoms with Gasteiger partial charge in [0, 0.05) is 0 Å². The molecule has 0 aliphatic rings. The average Bonchev–Trinajstić information content (AvgIpc) is 2.03. The molecule has 0 aromatic carbocycles. The Morgan fingerprint density at radius 1 is 0.700 bits per heavy atom. The van der Waals surface area contributed by atoms with Crippen LogP contribution in [-0.2, 0) is 0 Å². The van der Waals surface area contributed by atoms with Crippen molar-refractivity contribution in [2.24, 2.45) is 0 Å². The van der Waals surface area contributed by atoms with Crippen molar-refractivity contribution >= 4 is 47.5 Å². The van der Waals surface area contributed by atoms with Crippen molar-refractivity contribution in [3.63, 3.8) is 0 Å². The third-order valence-electron chi connectivity index (χ3n) is 0. The molecule has 0 heterocycles. The SMILES string of the molecule is OCl.[H+].[Na+].[Na+].[O-]Cl.[O-]Cl.[O-]Cl. The van der Waals surface area contributed by atoms with E-state index in [-0.39, 0.29) is 60.5 Å². The van der Waals surface area contributed by atoms with E-state index in [0.29, 0.717) is 0 Å². The normalized spacial score (nSPS) is 2.40. The molecule has 10 heavy (non-hydrogen) atoms. The van der Waals surface area contributed by atoms with Crippen LogP contribution < -0.4 is 73.1 Å². The molecule has 0 saturated heterocycles. The first-order valence-corrected chi connectivity index (χ1v) is 1.90. The Morgan fingerprint density at radius 3 is 0.700 bits per heavy atom. The zero-order chi connectivity index (χ0) is 8.00. The van der Waals surface area contributed by atoms with E-state index < -0.39 is 0 Å². The minimum Gasteiger partial charge on any atom is -0.769 e. The maximum Gasteiger partial charge on any atom is 1.00 e. The van der Waals surface area contributed by atoms with E-state index in [2.05, 4.69) is 47.5 Å². The summed E-state index contributed by atoms with van der Waals surface area (Å²) in [5, 5.41) is 0. The van der Waals surface area contributed by atoms with Crippen LogP contribution in [0.25, 0.3) is 0 Å². The molecule has 0 radical (unpaired) electrons. The summed E-state index contributed by atoms with van der Waals surface area (Å²) in [7, 11) is 0. The van der Waals surface area contributed by atoms with Crippen molar-refractivity contribution in [2.45, 2.75) is 0 Å². The van der Waals surface area contributed by atoms with Gasteiger partial charge < -0.3 is 14.0 Å². The fraction of sp³-hybridized carbons (Fsp3) is 0. The molecule has 0 bridgehead atoms. The molecule has 4 nitrogen and oxygen atoms in total. The van der Waals surface area contributed by atoms with E-state index in [4.69, 9.17) is 18.6 Å². The minimum atomic E-state index is 0. The predicted molar refractivity (Wildman–Crippen MR) is 26.7 cm³/mol. The molecule has 1 N–H and O–H groups in total. The third kappa shape index (κ3) is 122. The summed E-state index contributed by atoms with van der Waals surface area (Å²) in [5.41, 5.74) is 0. The van der Waals surface area contributed by atoms with Crippen molar-refractivity contribution in [2.75, 3.05) is 0 Å². The molecule has 10 heteroatoms. The van der Waals surface area contributed by atoms with Gasteiger partial charge in [0.1, 0.15) is 0 Å². The van der Waals surface area contributed by atoms with Crippen LogP contribution in [0, 0.1) is 0 Å². The van der Waals surface area contributed by atoms with Gasteiger partial charge in [-0.15, -0.1) is 0 Å². The summed E-state index contributed by atoms with van der Waals surface area (Å²) < 4.78 is 29.6. The van der Waals surface area contributed by atoms with Gasteiger partial charge in [0.2, 0.25) is 0 Å². The standard InChI is InChI=1S/ClHO.3ClO.2Na/c4*1-2;;/h2H;;;;;/q;3*-1;2*+1/p+1. The fourth-order valence-corrected chi connectivity index (χ4v) is 0. The smallest absolute Gasteiger partial charge is 0.769 e. The summed E-state index contributed by atoms with van der Waals surface area (Å²) in [6, 6.07) is 0. The number of rotatable bonds is 0. The van der Waals surface area contributed by atoms with Gasteiger partial charge in [0.05, 0.1) is 11.9 Å². The second kappa shape index (κ2) is 161. The largest absolute Gasteiger partial charge is 1.00 e. The number of hydrogen-bond acceptors (Lipinski definition) is 4. The van der Waals surface area contributed by atoms with Gasteiger partial charge in [0.25, 0.3) is 0 Å². The molecule has 0 fully saturated rings. The summed E-state index contributed by atoms with van der Waals surface area (Å²) in [6.45, 7) is 0. The second-order valence-corrected chi connectivity index (χ2v) is 0. The minimum absolute atomic E-state index is 0. The Bertz CT molecular complexity index is 20.1. The topological polar surface area (TPSA) is 89.4 Å². The van der Waals surface area contributed by atoms with E-state index >= 15 is 0 Å². The van der Waals surface area contributed by atoms with Crippen molar-refractivity contribution in [3.8, 4) is 0 Å². The molecular formula is H2Cl4Na2O4. The molecule has 0 unspecified atom stereocenters. The molecule has 0 aromatic rings. The van der Waals surface area contributed by atoms with Gasteiger partial charge in [0.15, 0.2) is 0 Å². The Balaban J connectivity index is -0.00000000356. The molecule has 0 aromatic heterocycles. The number of halogens is 4. The van der Waals surface area contributed by atoms with Gasteiger partial charge in [-0.3, -0.25) is 4.66 Å². The Kier molecular flexibility index (Phi) is 616. The fourth-order valence-electron chi connectivity index (χ4n) is 0. The first kappa shape index (κ1) is 38.2. The molecule has 56 valence electrons. The summed E-state index contributed by atoms with van der Waals surface area (Å²) in [5.74, 6) is 0. The van der Waals surface area contributed by atoms with E-state index in [9.17, 15) is 0 Å². The molecule has 0 rings (SSSR count). The van der Waals surface area contributed by atoms with Crippen molar-refractivity contribution in [3.05, 3.63) is 0 Å². The first-order valence-electron chi connectivity index (χ1n) is 0.632. The number of hydrogen-bond donors (Lipinski definition) is 1. The Labute approximate surface area is 125 Å². The monoisotopic (exact) mass is 252 g/mol. The molecule has 0 spiro atoms. The van der Waals surface area contributed by atoms with Crippen LogP contribution in [0.3, 0.4) is 0 Å². The van der Waals surface area contributed by atoms with Gasteiger partial charge in [-0.2, -0.15) is 0 Å². The van der Waals surface area contributed by atoms with Gasteiger partial charge in [-0.1, -0.05) is 0 Å². The van der Waals surface area contributed by atoms with Gasteiger partial charge in [-0.25, -0.2) is 35.6 Å². The Hall–Kier alpha value is 3.00. The zero-order valence-corrected chi connectivity index (χ0v) is 12.2. The molecular weight excluding hydrogens is 252 g/mol. The third-order valence-corrected chi connectivity index (χ3v) is 0. The maximum absolute atomic E-state index is 7.72. The predicted octanol–water partition coefficient (Wildman–Crippen LogP) is -7.25. The van der Waals surface area contributed by atoms with Crippen LogP contribution in [0.4, 0.5) is 0 Å². The molecule has 0 amide bonds. The first-order chi connectivity index (χ1) is 4.00. The van der Waals surface area contributed by atoms with Crippen molar-refractivity contribution < 1.29 is 79.2 Å². The quantitative estimate of drug-likeness (QED) is 0.435. The summed E-state index contributed by atoms with van der Waals surface area (Å²) >= 11 is 13.8. The molecule has 0 aliphatic carbocycles. The Morgan fingerprint density at radius 2 is 0.700 bits per heavy atom. The summed E-state index contributed by atoms with van der Waals surface area (Å²) in [4.78, 5) is 0. The molecule has 0 saturated carbocycles. The van der Waals surface area contributed by atoms with Crippen LogP contribution >= 0.6 is 47.5 Å². The van der Waals surface area contributed by atoms with Gasteiger partial charge in [-0.05, 0) is 0 Å². The summed E-state index contributed by atoms with van der Waals surface area (Å²) in [6.07, 6.45) is 0. The molecule has 0 atom stereocenters. The second-order valence-electron chi connectivity index (χ2n) is 0. The van der Waals surface area contributed by atoms with E-state index in [1.807, 2.05) is 0 Å². The van der Waals surface area contributed by atoms with Crippen LogP contribution in [0.15, 0.2) is 0 Å². The van der Waals surface area contributed by atoms with Gasteiger partial charge >= 0.3 is 60.5 Å². The van der Waals surface area contributed by atoms with Crippen LogP contribution in [0.2, 0.25) is 0 Å².